The number of ketones is 1. The Bertz CT molecular complexity index is 185. The maximum Gasteiger partial charge on any atom is 0.139 e. The molecule has 1 heteroatoms. The lowest BCUT2D eigenvalue weighted by Crippen LogP contribution is -2.24. The number of hydrogen-bond acceptors (Lipinski definition) is 1. The van der Waals surface area contributed by atoms with E-state index in [0.717, 1.165) is 0 Å². The first-order valence-corrected chi connectivity index (χ1v) is 4.76. The van der Waals surface area contributed by atoms with Gasteiger partial charge in [0.2, 0.25) is 0 Å². The molecule has 0 fully saturated rings. The molecule has 0 heterocycles. The average Bonchev–Trinajstić information content (AvgIpc) is 2.14. The van der Waals surface area contributed by atoms with Crippen LogP contribution < -0.4 is 0 Å². The zero-order chi connectivity index (χ0) is 9.30. The van der Waals surface area contributed by atoms with Gasteiger partial charge in [-0.1, -0.05) is 39.8 Å². The topological polar surface area (TPSA) is 17.1 Å². The van der Waals surface area contributed by atoms with Gasteiger partial charge < -0.3 is 0 Å². The van der Waals surface area contributed by atoms with Crippen molar-refractivity contribution in [3.8, 4) is 0 Å². The van der Waals surface area contributed by atoms with Gasteiger partial charge in [-0.25, -0.2) is 0 Å². The van der Waals surface area contributed by atoms with Gasteiger partial charge in [0.05, 0.1) is 0 Å². The molecule has 0 bridgehead atoms. The van der Waals surface area contributed by atoms with Crippen LogP contribution in [0.5, 0.6) is 0 Å². The van der Waals surface area contributed by atoms with E-state index >= 15 is 0 Å². The molecule has 0 radical (unpaired) electrons. The van der Waals surface area contributed by atoms with E-state index in [1.165, 1.54) is 0 Å². The van der Waals surface area contributed by atoms with Gasteiger partial charge in [-0.05, 0) is 11.8 Å². The first-order valence-electron chi connectivity index (χ1n) is 4.76. The zero-order valence-electron chi connectivity index (χ0n) is 8.37. The van der Waals surface area contributed by atoms with Crippen molar-refractivity contribution in [3.05, 3.63) is 12.2 Å². The highest BCUT2D eigenvalue weighted by atomic mass is 16.1. The third-order valence-electron chi connectivity index (χ3n) is 3.19. The van der Waals surface area contributed by atoms with Crippen molar-refractivity contribution >= 4 is 5.78 Å². The predicted octanol–water partition coefficient (Wildman–Crippen LogP) is 2.67. The molecule has 68 valence electrons. The molecule has 0 unspecified atom stereocenters. The minimum Gasteiger partial charge on any atom is -0.299 e. The van der Waals surface area contributed by atoms with Gasteiger partial charge in [-0.15, -0.1) is 0 Å². The quantitative estimate of drug-likeness (QED) is 0.506. The van der Waals surface area contributed by atoms with E-state index in [1.54, 1.807) is 0 Å². The van der Waals surface area contributed by atoms with E-state index in [2.05, 4.69) is 26.0 Å². The maximum absolute atomic E-state index is 11.7. The van der Waals surface area contributed by atoms with Crippen LogP contribution in [0.1, 0.15) is 27.7 Å². The van der Waals surface area contributed by atoms with E-state index in [4.69, 9.17) is 0 Å². The van der Waals surface area contributed by atoms with Crippen LogP contribution in [0.25, 0.3) is 0 Å². The molecule has 1 aliphatic carbocycles. The summed E-state index contributed by atoms with van der Waals surface area (Å²) in [6.07, 6.45) is 4.35. The number of rotatable bonds is 0. The predicted molar refractivity (Wildman–Crippen MR) is 50.8 cm³/mol. The first-order chi connectivity index (χ1) is 5.54. The van der Waals surface area contributed by atoms with Crippen molar-refractivity contribution in [2.75, 3.05) is 0 Å². The van der Waals surface area contributed by atoms with Crippen molar-refractivity contribution in [1.82, 2.24) is 0 Å². The van der Waals surface area contributed by atoms with E-state index in [1.807, 2.05) is 13.8 Å². The number of Topliss-reactive ketones (excluding diaryl/α,β-unsaturated/α-hetero) is 1. The molecule has 4 atom stereocenters. The van der Waals surface area contributed by atoms with Crippen LogP contribution in [-0.4, -0.2) is 5.78 Å². The van der Waals surface area contributed by atoms with E-state index in [-0.39, 0.29) is 11.8 Å². The number of carbonyl (C=O) groups is 1. The van der Waals surface area contributed by atoms with Gasteiger partial charge in [0.25, 0.3) is 0 Å². The summed E-state index contributed by atoms with van der Waals surface area (Å²) >= 11 is 0. The molecular weight excluding hydrogens is 148 g/mol. The first kappa shape index (κ1) is 9.50. The summed E-state index contributed by atoms with van der Waals surface area (Å²) in [7, 11) is 0. The third-order valence-corrected chi connectivity index (χ3v) is 3.19. The number of hydrogen-bond donors (Lipinski definition) is 0. The van der Waals surface area contributed by atoms with Crippen LogP contribution in [-0.2, 0) is 4.79 Å². The average molecular weight is 166 g/mol. The summed E-state index contributed by atoms with van der Waals surface area (Å²) in [4.78, 5) is 11.7. The van der Waals surface area contributed by atoms with E-state index in [9.17, 15) is 4.79 Å². The molecule has 0 aromatic heterocycles. The fraction of sp³-hybridized carbons (Fsp3) is 0.727. The Morgan fingerprint density at radius 3 is 1.58 bits per heavy atom. The molecule has 0 amide bonds. The molecule has 12 heavy (non-hydrogen) atoms. The summed E-state index contributed by atoms with van der Waals surface area (Å²) in [6.45, 7) is 8.30. The van der Waals surface area contributed by atoms with Crippen LogP contribution in [0.2, 0.25) is 0 Å². The second kappa shape index (κ2) is 3.42. The Morgan fingerprint density at radius 2 is 1.25 bits per heavy atom. The summed E-state index contributed by atoms with van der Waals surface area (Å²) in [5.74, 6) is 1.62. The van der Waals surface area contributed by atoms with Crippen LogP contribution in [0.3, 0.4) is 0 Å². The normalized spacial score (nSPS) is 42.8. The smallest absolute Gasteiger partial charge is 0.139 e. The van der Waals surface area contributed by atoms with Crippen molar-refractivity contribution in [2.24, 2.45) is 23.7 Å². The molecule has 0 aromatic carbocycles. The molecular formula is C11H18O. The molecule has 0 spiro atoms. The standard InChI is InChI=1S/C11H18O/c1-7-5-6-8(2)10(4)11(12)9(7)3/h5-10H,1-4H3/t7-,8+,9-,10+. The summed E-state index contributed by atoms with van der Waals surface area (Å²) < 4.78 is 0. The van der Waals surface area contributed by atoms with Crippen molar-refractivity contribution in [2.45, 2.75) is 27.7 Å². The van der Waals surface area contributed by atoms with Gasteiger partial charge in [0, 0.05) is 11.8 Å². The highest BCUT2D eigenvalue weighted by molar-refractivity contribution is 5.84. The van der Waals surface area contributed by atoms with Gasteiger partial charge in [0.15, 0.2) is 0 Å². The lowest BCUT2D eigenvalue weighted by Gasteiger charge is -2.18. The molecule has 0 saturated heterocycles. The number of allylic oxidation sites excluding steroid dienone is 2. The minimum atomic E-state index is 0.196. The molecule has 0 aliphatic heterocycles. The fourth-order valence-corrected chi connectivity index (χ4v) is 1.62. The lowest BCUT2D eigenvalue weighted by atomic mass is 9.85. The van der Waals surface area contributed by atoms with Gasteiger partial charge >= 0.3 is 0 Å². The second-order valence-electron chi connectivity index (χ2n) is 4.08. The molecule has 0 aromatic rings. The van der Waals surface area contributed by atoms with Crippen LogP contribution in [0.15, 0.2) is 12.2 Å². The van der Waals surface area contributed by atoms with Crippen LogP contribution in [0, 0.1) is 23.7 Å². The highest BCUT2D eigenvalue weighted by Gasteiger charge is 2.28. The van der Waals surface area contributed by atoms with Crippen molar-refractivity contribution in [1.29, 1.82) is 0 Å². The zero-order valence-corrected chi connectivity index (χ0v) is 8.37. The fourth-order valence-electron chi connectivity index (χ4n) is 1.62. The summed E-state index contributed by atoms with van der Waals surface area (Å²) in [5, 5.41) is 0. The maximum atomic E-state index is 11.7. The molecule has 1 aliphatic rings. The van der Waals surface area contributed by atoms with Crippen LogP contribution in [0.4, 0.5) is 0 Å². The molecule has 1 nitrogen and oxygen atoms in total. The van der Waals surface area contributed by atoms with Gasteiger partial charge in [-0.2, -0.15) is 0 Å². The SMILES string of the molecule is C[C@@H]1C=C[C@H](C)[C@H](C)C(=O)[C@@H]1C. The Hall–Kier alpha value is -0.590. The monoisotopic (exact) mass is 166 g/mol. The van der Waals surface area contributed by atoms with Crippen molar-refractivity contribution < 1.29 is 4.79 Å². The lowest BCUT2D eigenvalue weighted by molar-refractivity contribution is -0.127. The largest absolute Gasteiger partial charge is 0.299 e. The summed E-state index contributed by atoms with van der Waals surface area (Å²) in [6, 6.07) is 0. The van der Waals surface area contributed by atoms with Gasteiger partial charge in [-0.3, -0.25) is 4.79 Å². The molecule has 0 N–H and O–H groups in total. The summed E-state index contributed by atoms with van der Waals surface area (Å²) in [5.41, 5.74) is 0. The molecule has 0 saturated carbocycles. The highest BCUT2D eigenvalue weighted by Crippen LogP contribution is 2.27. The Kier molecular flexibility index (Phi) is 2.71. The van der Waals surface area contributed by atoms with Crippen LogP contribution >= 0.6 is 0 Å². The van der Waals surface area contributed by atoms with E-state index in [0.29, 0.717) is 17.6 Å². The van der Waals surface area contributed by atoms with E-state index < -0.39 is 0 Å². The number of carbonyl (C=O) groups excluding carboxylic acids is 1. The molecule has 1 rings (SSSR count). The van der Waals surface area contributed by atoms with Crippen molar-refractivity contribution in [3.63, 3.8) is 0 Å². The third kappa shape index (κ3) is 1.60. The Morgan fingerprint density at radius 1 is 0.917 bits per heavy atom. The Labute approximate surface area is 74.9 Å². The Balaban J connectivity index is 2.87. The van der Waals surface area contributed by atoms with Gasteiger partial charge in [0.1, 0.15) is 5.78 Å². The minimum absolute atomic E-state index is 0.196. The second-order valence-corrected chi connectivity index (χ2v) is 4.08.